The van der Waals surface area contributed by atoms with Crippen LogP contribution in [0.1, 0.15) is 23.0 Å². The van der Waals surface area contributed by atoms with E-state index in [0.29, 0.717) is 24.0 Å². The van der Waals surface area contributed by atoms with Gasteiger partial charge < -0.3 is 15.4 Å². The van der Waals surface area contributed by atoms with Crippen molar-refractivity contribution in [1.82, 2.24) is 10.3 Å². The maximum atomic E-state index is 12.9. The second kappa shape index (κ2) is 8.44. The fourth-order valence-electron chi connectivity index (χ4n) is 2.24. The summed E-state index contributed by atoms with van der Waals surface area (Å²) in [5, 5.41) is 8.25. The van der Waals surface area contributed by atoms with E-state index in [4.69, 9.17) is 4.74 Å². The van der Waals surface area contributed by atoms with Gasteiger partial charge in [0.15, 0.2) is 5.13 Å². The molecule has 0 aliphatic heterocycles. The molecule has 5 nitrogen and oxygen atoms in total. The standard InChI is InChI=1S/C19H18FN3O2S/c1-2-25-16-9-7-15(8-10-16)22-19-23-17(12-26-19)18(24)21-11-13-3-5-14(20)6-4-13/h3-10,12H,2,11H2,1H3,(H,21,24)(H,22,23). The zero-order valence-corrected chi connectivity index (χ0v) is 15.0. The van der Waals surface area contributed by atoms with Crippen molar-refractivity contribution in [1.29, 1.82) is 0 Å². The van der Waals surface area contributed by atoms with E-state index in [1.807, 2.05) is 31.2 Å². The van der Waals surface area contributed by atoms with E-state index in [2.05, 4.69) is 15.6 Å². The molecule has 0 fully saturated rings. The van der Waals surface area contributed by atoms with Crippen LogP contribution in [0.4, 0.5) is 15.2 Å². The number of benzene rings is 2. The molecule has 7 heteroatoms. The van der Waals surface area contributed by atoms with Gasteiger partial charge in [0.1, 0.15) is 17.3 Å². The van der Waals surface area contributed by atoms with Crippen molar-refractivity contribution in [2.75, 3.05) is 11.9 Å². The summed E-state index contributed by atoms with van der Waals surface area (Å²) in [6.45, 7) is 2.87. The van der Waals surface area contributed by atoms with Crippen LogP contribution in [0.5, 0.6) is 5.75 Å². The van der Waals surface area contributed by atoms with E-state index in [1.165, 1.54) is 23.5 Å². The lowest BCUT2D eigenvalue weighted by Gasteiger charge is -2.05. The van der Waals surface area contributed by atoms with Crippen LogP contribution >= 0.6 is 11.3 Å². The third-order valence-electron chi connectivity index (χ3n) is 3.52. The number of ether oxygens (including phenoxy) is 1. The fraction of sp³-hybridized carbons (Fsp3) is 0.158. The number of carbonyl (C=O) groups excluding carboxylic acids is 1. The molecule has 0 saturated carbocycles. The number of hydrogen-bond donors (Lipinski definition) is 2. The average Bonchev–Trinajstić information content (AvgIpc) is 3.11. The zero-order chi connectivity index (χ0) is 18.4. The van der Waals surface area contributed by atoms with E-state index < -0.39 is 0 Å². The number of rotatable bonds is 7. The van der Waals surface area contributed by atoms with Crippen LogP contribution in [0.3, 0.4) is 0 Å². The van der Waals surface area contributed by atoms with Crippen molar-refractivity contribution in [3.05, 3.63) is 71.0 Å². The molecule has 3 rings (SSSR count). The number of halogens is 1. The summed E-state index contributed by atoms with van der Waals surface area (Å²) in [5.74, 6) is 0.230. The Morgan fingerprint density at radius 3 is 2.58 bits per heavy atom. The molecule has 2 aromatic carbocycles. The van der Waals surface area contributed by atoms with Gasteiger partial charge >= 0.3 is 0 Å². The lowest BCUT2D eigenvalue weighted by Crippen LogP contribution is -2.23. The first-order valence-corrected chi connectivity index (χ1v) is 9.00. The van der Waals surface area contributed by atoms with Crippen molar-refractivity contribution in [2.24, 2.45) is 0 Å². The zero-order valence-electron chi connectivity index (χ0n) is 14.2. The highest BCUT2D eigenvalue weighted by Crippen LogP contribution is 2.23. The number of amides is 1. The van der Waals surface area contributed by atoms with E-state index in [9.17, 15) is 9.18 Å². The molecule has 0 atom stereocenters. The summed E-state index contributed by atoms with van der Waals surface area (Å²) in [6, 6.07) is 13.5. The first kappa shape index (κ1) is 17.9. The molecular weight excluding hydrogens is 353 g/mol. The first-order valence-electron chi connectivity index (χ1n) is 8.12. The van der Waals surface area contributed by atoms with Crippen molar-refractivity contribution in [3.63, 3.8) is 0 Å². The summed E-state index contributed by atoms with van der Waals surface area (Å²) in [4.78, 5) is 16.5. The van der Waals surface area contributed by atoms with Crippen molar-refractivity contribution >= 4 is 28.1 Å². The van der Waals surface area contributed by atoms with Gasteiger partial charge in [-0.05, 0) is 48.9 Å². The van der Waals surface area contributed by atoms with E-state index in [-0.39, 0.29) is 11.7 Å². The molecule has 1 heterocycles. The van der Waals surface area contributed by atoms with Crippen molar-refractivity contribution in [3.8, 4) is 5.75 Å². The smallest absolute Gasteiger partial charge is 0.271 e. The van der Waals surface area contributed by atoms with Gasteiger partial charge in [-0.15, -0.1) is 11.3 Å². The van der Waals surface area contributed by atoms with Gasteiger partial charge in [-0.1, -0.05) is 12.1 Å². The first-order chi connectivity index (χ1) is 12.6. The minimum absolute atomic E-state index is 0.273. The van der Waals surface area contributed by atoms with E-state index in [1.54, 1.807) is 17.5 Å². The molecule has 0 aliphatic carbocycles. The molecule has 0 unspecified atom stereocenters. The number of aromatic nitrogens is 1. The van der Waals surface area contributed by atoms with Gasteiger partial charge in [0, 0.05) is 17.6 Å². The third kappa shape index (κ3) is 4.80. The van der Waals surface area contributed by atoms with Crippen LogP contribution in [-0.2, 0) is 6.54 Å². The van der Waals surface area contributed by atoms with Crippen LogP contribution in [0.2, 0.25) is 0 Å². The number of thiazole rings is 1. The number of nitrogens with one attached hydrogen (secondary N) is 2. The Morgan fingerprint density at radius 1 is 1.15 bits per heavy atom. The van der Waals surface area contributed by atoms with Gasteiger partial charge in [0.25, 0.3) is 5.91 Å². The molecule has 1 amide bonds. The number of hydrogen-bond acceptors (Lipinski definition) is 5. The summed E-state index contributed by atoms with van der Waals surface area (Å²) in [7, 11) is 0. The van der Waals surface area contributed by atoms with Gasteiger partial charge in [-0.25, -0.2) is 9.37 Å². The minimum Gasteiger partial charge on any atom is -0.494 e. The lowest BCUT2D eigenvalue weighted by atomic mass is 10.2. The summed E-state index contributed by atoms with van der Waals surface area (Å²) < 4.78 is 18.3. The summed E-state index contributed by atoms with van der Waals surface area (Å²) >= 11 is 1.35. The number of nitrogens with zero attached hydrogens (tertiary/aromatic N) is 1. The van der Waals surface area contributed by atoms with E-state index in [0.717, 1.165) is 17.0 Å². The van der Waals surface area contributed by atoms with Crippen molar-refractivity contribution in [2.45, 2.75) is 13.5 Å². The second-order valence-corrected chi connectivity index (χ2v) is 6.29. The summed E-state index contributed by atoms with van der Waals surface area (Å²) in [6.07, 6.45) is 0. The quantitative estimate of drug-likeness (QED) is 0.648. The molecule has 0 spiro atoms. The Labute approximate surface area is 154 Å². The Bertz CT molecular complexity index is 863. The molecule has 134 valence electrons. The largest absolute Gasteiger partial charge is 0.494 e. The Kier molecular flexibility index (Phi) is 5.80. The van der Waals surface area contributed by atoms with Crippen LogP contribution < -0.4 is 15.4 Å². The highest BCUT2D eigenvalue weighted by molar-refractivity contribution is 7.14. The van der Waals surface area contributed by atoms with Gasteiger partial charge in [0.2, 0.25) is 0 Å². The molecule has 0 saturated heterocycles. The lowest BCUT2D eigenvalue weighted by molar-refractivity contribution is 0.0946. The number of anilines is 2. The van der Waals surface area contributed by atoms with Gasteiger partial charge in [-0.2, -0.15) is 0 Å². The monoisotopic (exact) mass is 371 g/mol. The molecule has 2 N–H and O–H groups in total. The molecule has 0 bridgehead atoms. The van der Waals surface area contributed by atoms with Crippen LogP contribution in [0.25, 0.3) is 0 Å². The van der Waals surface area contributed by atoms with Crippen LogP contribution in [-0.4, -0.2) is 17.5 Å². The highest BCUT2D eigenvalue weighted by atomic mass is 32.1. The minimum atomic E-state index is -0.301. The van der Waals surface area contributed by atoms with Crippen LogP contribution in [0.15, 0.2) is 53.9 Å². The van der Waals surface area contributed by atoms with Crippen LogP contribution in [0, 0.1) is 5.82 Å². The second-order valence-electron chi connectivity index (χ2n) is 5.43. The molecule has 0 radical (unpaired) electrons. The van der Waals surface area contributed by atoms with Crippen molar-refractivity contribution < 1.29 is 13.9 Å². The molecule has 3 aromatic rings. The predicted octanol–water partition coefficient (Wildman–Crippen LogP) is 4.35. The van der Waals surface area contributed by atoms with Gasteiger partial charge in [0.05, 0.1) is 6.61 Å². The predicted molar refractivity (Wildman–Crippen MR) is 101 cm³/mol. The topological polar surface area (TPSA) is 63.2 Å². The molecule has 26 heavy (non-hydrogen) atoms. The fourth-order valence-corrected chi connectivity index (χ4v) is 2.95. The van der Waals surface area contributed by atoms with E-state index >= 15 is 0 Å². The SMILES string of the molecule is CCOc1ccc(Nc2nc(C(=O)NCc3ccc(F)cc3)cs2)cc1. The Balaban J connectivity index is 1.56. The third-order valence-corrected chi connectivity index (χ3v) is 4.28. The van der Waals surface area contributed by atoms with Gasteiger partial charge in [-0.3, -0.25) is 4.79 Å². The number of carbonyl (C=O) groups is 1. The average molecular weight is 371 g/mol. The maximum absolute atomic E-state index is 12.9. The molecule has 1 aromatic heterocycles. The Morgan fingerprint density at radius 2 is 1.88 bits per heavy atom. The molecular formula is C19H18FN3O2S. The molecule has 0 aliphatic rings. The maximum Gasteiger partial charge on any atom is 0.271 e. The summed E-state index contributed by atoms with van der Waals surface area (Å²) in [5.41, 5.74) is 2.02. The normalized spacial score (nSPS) is 10.4. The highest BCUT2D eigenvalue weighted by Gasteiger charge is 2.11. The Hall–Kier alpha value is -2.93.